The van der Waals surface area contributed by atoms with Crippen LogP contribution in [0.25, 0.3) is 0 Å². The number of carbonyl (C=O) groups excluding carboxylic acids is 1. The predicted octanol–water partition coefficient (Wildman–Crippen LogP) is 3.23. The van der Waals surface area contributed by atoms with Crippen LogP contribution in [0.5, 0.6) is 0 Å². The number of ether oxygens (including phenoxy) is 1. The summed E-state index contributed by atoms with van der Waals surface area (Å²) >= 11 is 0. The van der Waals surface area contributed by atoms with Gasteiger partial charge in [0.25, 0.3) is 0 Å². The number of carbonyl (C=O) groups is 1. The zero-order valence-corrected chi connectivity index (χ0v) is 13.0. The summed E-state index contributed by atoms with van der Waals surface area (Å²) in [6, 6.07) is 4.11. The highest BCUT2D eigenvalue weighted by molar-refractivity contribution is 5.67. The largest absolute Gasteiger partial charge is 0.468 e. The van der Waals surface area contributed by atoms with Crippen molar-refractivity contribution in [1.29, 1.82) is 0 Å². The van der Waals surface area contributed by atoms with Crippen LogP contribution in [0.15, 0.2) is 22.8 Å². The summed E-state index contributed by atoms with van der Waals surface area (Å²) in [4.78, 5) is 11.6. The summed E-state index contributed by atoms with van der Waals surface area (Å²) < 4.78 is 10.6. The van der Waals surface area contributed by atoms with Crippen LogP contribution in [0, 0.1) is 0 Å². The molecule has 0 fully saturated rings. The second kappa shape index (κ2) is 7.33. The molecule has 1 heterocycles. The smallest absolute Gasteiger partial charge is 0.407 e. The van der Waals surface area contributed by atoms with Gasteiger partial charge >= 0.3 is 6.09 Å². The van der Waals surface area contributed by atoms with Gasteiger partial charge in [0.05, 0.1) is 12.3 Å². The lowest BCUT2D eigenvalue weighted by atomic mass is 10.1. The van der Waals surface area contributed by atoms with E-state index in [2.05, 4.69) is 17.6 Å². The van der Waals surface area contributed by atoms with E-state index in [1.54, 1.807) is 6.26 Å². The molecule has 1 aromatic rings. The van der Waals surface area contributed by atoms with Crippen molar-refractivity contribution in [2.75, 3.05) is 6.54 Å². The van der Waals surface area contributed by atoms with Crippen molar-refractivity contribution in [3.63, 3.8) is 0 Å². The molecule has 0 aliphatic carbocycles. The molecule has 5 heteroatoms. The molecule has 0 spiro atoms. The Morgan fingerprint density at radius 1 is 1.45 bits per heavy atom. The van der Waals surface area contributed by atoms with Crippen LogP contribution in [0.1, 0.15) is 52.8 Å². The van der Waals surface area contributed by atoms with Crippen LogP contribution in [0.3, 0.4) is 0 Å². The van der Waals surface area contributed by atoms with Gasteiger partial charge in [0.1, 0.15) is 11.4 Å². The van der Waals surface area contributed by atoms with Gasteiger partial charge < -0.3 is 19.8 Å². The van der Waals surface area contributed by atoms with Crippen LogP contribution in [-0.4, -0.2) is 24.3 Å². The number of rotatable bonds is 6. The summed E-state index contributed by atoms with van der Waals surface area (Å²) in [6.07, 6.45) is 2.20. The number of alkyl carbamates (subject to hydrolysis) is 1. The molecule has 114 valence electrons. The minimum absolute atomic E-state index is 0.123. The van der Waals surface area contributed by atoms with E-state index in [1.807, 2.05) is 39.8 Å². The maximum Gasteiger partial charge on any atom is 0.407 e. The normalized spacial score (nSPS) is 14.7. The van der Waals surface area contributed by atoms with Crippen LogP contribution in [0.2, 0.25) is 0 Å². The van der Waals surface area contributed by atoms with E-state index in [-0.39, 0.29) is 12.1 Å². The van der Waals surface area contributed by atoms with Gasteiger partial charge in [-0.1, -0.05) is 6.92 Å². The van der Waals surface area contributed by atoms with Crippen LogP contribution in [0.4, 0.5) is 4.79 Å². The van der Waals surface area contributed by atoms with Crippen molar-refractivity contribution >= 4 is 6.09 Å². The first kappa shape index (κ1) is 16.6. The molecule has 2 unspecified atom stereocenters. The lowest BCUT2D eigenvalue weighted by Crippen LogP contribution is -2.42. The first-order chi connectivity index (χ1) is 9.31. The molecule has 0 radical (unpaired) electrons. The average molecular weight is 282 g/mol. The van der Waals surface area contributed by atoms with Crippen molar-refractivity contribution in [3.8, 4) is 0 Å². The Balaban J connectivity index is 2.36. The van der Waals surface area contributed by atoms with E-state index in [0.717, 1.165) is 12.2 Å². The number of hydrogen-bond donors (Lipinski definition) is 2. The minimum atomic E-state index is -0.471. The van der Waals surface area contributed by atoms with E-state index >= 15 is 0 Å². The number of nitrogens with one attached hydrogen (secondary N) is 2. The summed E-state index contributed by atoms with van der Waals surface area (Å²) in [6.45, 7) is 10.2. The molecule has 2 atom stereocenters. The molecule has 0 saturated heterocycles. The highest BCUT2D eigenvalue weighted by Crippen LogP contribution is 2.17. The Labute approximate surface area is 121 Å². The summed E-state index contributed by atoms with van der Waals surface area (Å²) in [5.74, 6) is 0.914. The highest BCUT2D eigenvalue weighted by Gasteiger charge is 2.18. The van der Waals surface area contributed by atoms with Crippen molar-refractivity contribution in [3.05, 3.63) is 24.2 Å². The Hall–Kier alpha value is -1.49. The first-order valence-corrected chi connectivity index (χ1v) is 7.08. The molecule has 20 heavy (non-hydrogen) atoms. The molecule has 0 aliphatic rings. The van der Waals surface area contributed by atoms with E-state index in [1.165, 1.54) is 0 Å². The molecule has 0 saturated carbocycles. The lowest BCUT2D eigenvalue weighted by Gasteiger charge is -2.23. The third-order valence-corrected chi connectivity index (χ3v) is 2.73. The number of hydrogen-bond acceptors (Lipinski definition) is 4. The van der Waals surface area contributed by atoms with Gasteiger partial charge in [0.15, 0.2) is 0 Å². The van der Waals surface area contributed by atoms with Crippen molar-refractivity contribution < 1.29 is 13.9 Å². The third-order valence-electron chi connectivity index (χ3n) is 2.73. The van der Waals surface area contributed by atoms with Crippen molar-refractivity contribution in [2.45, 2.75) is 58.7 Å². The SMILES string of the molecule is CCC(NC(C)CNC(=O)OC(C)(C)C)c1ccco1. The van der Waals surface area contributed by atoms with E-state index in [9.17, 15) is 4.79 Å². The Morgan fingerprint density at radius 2 is 2.15 bits per heavy atom. The van der Waals surface area contributed by atoms with Crippen LogP contribution in [-0.2, 0) is 4.74 Å². The topological polar surface area (TPSA) is 63.5 Å². The molecular weight excluding hydrogens is 256 g/mol. The first-order valence-electron chi connectivity index (χ1n) is 7.08. The Kier molecular flexibility index (Phi) is 6.07. The second-order valence-electron chi connectivity index (χ2n) is 5.93. The van der Waals surface area contributed by atoms with Gasteiger partial charge in [0.2, 0.25) is 0 Å². The van der Waals surface area contributed by atoms with Crippen LogP contribution < -0.4 is 10.6 Å². The maximum atomic E-state index is 11.6. The third kappa shape index (κ3) is 6.10. The number of amides is 1. The second-order valence-corrected chi connectivity index (χ2v) is 5.93. The quantitative estimate of drug-likeness (QED) is 0.840. The molecule has 1 rings (SSSR count). The predicted molar refractivity (Wildman–Crippen MR) is 78.6 cm³/mol. The van der Waals surface area contributed by atoms with Crippen LogP contribution >= 0.6 is 0 Å². The van der Waals surface area contributed by atoms with Gasteiger partial charge in [-0.3, -0.25) is 0 Å². The van der Waals surface area contributed by atoms with E-state index in [4.69, 9.17) is 9.15 Å². The average Bonchev–Trinajstić information content (AvgIpc) is 2.85. The lowest BCUT2D eigenvalue weighted by molar-refractivity contribution is 0.0522. The van der Waals surface area contributed by atoms with Gasteiger partial charge in [-0.25, -0.2) is 4.79 Å². The minimum Gasteiger partial charge on any atom is -0.468 e. The molecule has 0 bridgehead atoms. The standard InChI is InChI=1S/C15H26N2O3/c1-6-12(13-8-7-9-19-13)17-11(2)10-16-14(18)20-15(3,4)5/h7-9,11-12,17H,6,10H2,1-5H3,(H,16,18). The molecule has 2 N–H and O–H groups in total. The van der Waals surface area contributed by atoms with E-state index in [0.29, 0.717) is 6.54 Å². The molecule has 5 nitrogen and oxygen atoms in total. The van der Waals surface area contributed by atoms with Gasteiger partial charge in [0, 0.05) is 12.6 Å². The molecule has 0 aromatic carbocycles. The summed E-state index contributed by atoms with van der Waals surface area (Å²) in [5, 5.41) is 6.18. The summed E-state index contributed by atoms with van der Waals surface area (Å²) in [7, 11) is 0. The fourth-order valence-electron chi connectivity index (χ4n) is 1.84. The molecule has 0 aliphatic heterocycles. The monoisotopic (exact) mass is 282 g/mol. The van der Waals surface area contributed by atoms with Gasteiger partial charge in [-0.15, -0.1) is 0 Å². The molecule has 1 aromatic heterocycles. The maximum absolute atomic E-state index is 11.6. The highest BCUT2D eigenvalue weighted by atomic mass is 16.6. The van der Waals surface area contributed by atoms with Gasteiger partial charge in [-0.05, 0) is 46.2 Å². The van der Waals surface area contributed by atoms with E-state index < -0.39 is 11.7 Å². The molecular formula is C15H26N2O3. The zero-order chi connectivity index (χ0) is 15.2. The fourth-order valence-corrected chi connectivity index (χ4v) is 1.84. The summed E-state index contributed by atoms with van der Waals surface area (Å²) in [5.41, 5.74) is -0.471. The van der Waals surface area contributed by atoms with Gasteiger partial charge in [-0.2, -0.15) is 0 Å². The Bertz CT molecular complexity index is 396. The number of furan rings is 1. The Morgan fingerprint density at radius 3 is 2.65 bits per heavy atom. The van der Waals surface area contributed by atoms with Crippen molar-refractivity contribution in [2.24, 2.45) is 0 Å². The fraction of sp³-hybridized carbons (Fsp3) is 0.667. The zero-order valence-electron chi connectivity index (χ0n) is 13.0. The molecule has 1 amide bonds. The van der Waals surface area contributed by atoms with Crippen molar-refractivity contribution in [1.82, 2.24) is 10.6 Å².